The lowest BCUT2D eigenvalue weighted by Crippen LogP contribution is -2.25. The van der Waals surface area contributed by atoms with Crippen molar-refractivity contribution in [2.24, 2.45) is 0 Å². The van der Waals surface area contributed by atoms with Crippen molar-refractivity contribution in [2.75, 3.05) is 26.1 Å². The summed E-state index contributed by atoms with van der Waals surface area (Å²) in [6, 6.07) is 11.8. The molecule has 2 aromatic carbocycles. The third-order valence-corrected chi connectivity index (χ3v) is 4.29. The monoisotopic (exact) mass is 295 g/mol. The van der Waals surface area contributed by atoms with E-state index < -0.39 is 5.60 Å². The third kappa shape index (κ3) is 2.09. The lowest BCUT2D eigenvalue weighted by atomic mass is 9.84. The van der Waals surface area contributed by atoms with Gasteiger partial charge in [0.05, 0.1) is 12.8 Å². The maximum Gasteiger partial charge on any atom is 0.142 e. The summed E-state index contributed by atoms with van der Waals surface area (Å²) < 4.78 is 5.50. The van der Waals surface area contributed by atoms with Gasteiger partial charge in [-0.3, -0.25) is 0 Å². The largest absolute Gasteiger partial charge is 0.495 e. The van der Waals surface area contributed by atoms with E-state index in [1.54, 1.807) is 7.11 Å². The minimum Gasteiger partial charge on any atom is -0.495 e. The smallest absolute Gasteiger partial charge is 0.142 e. The van der Waals surface area contributed by atoms with E-state index in [0.717, 1.165) is 33.7 Å². The number of anilines is 1. The molecule has 0 bridgehead atoms. The molecule has 0 saturated carbocycles. The average Bonchev–Trinajstić information content (AvgIpc) is 2.61. The van der Waals surface area contributed by atoms with E-state index in [2.05, 4.69) is 12.2 Å². The molecule has 0 spiro atoms. The molecule has 1 aliphatic carbocycles. The molecule has 0 radical (unpaired) electrons. The van der Waals surface area contributed by atoms with Crippen LogP contribution in [-0.2, 0) is 5.60 Å². The molecular weight excluding hydrogens is 274 g/mol. The van der Waals surface area contributed by atoms with E-state index in [4.69, 9.17) is 4.74 Å². The maximum absolute atomic E-state index is 11.2. The number of fused-ring (bicyclic) bond motifs is 2. The van der Waals surface area contributed by atoms with Gasteiger partial charge in [0.15, 0.2) is 0 Å². The summed E-state index contributed by atoms with van der Waals surface area (Å²) in [6.07, 6.45) is 4.12. The van der Waals surface area contributed by atoms with Crippen LogP contribution in [-0.4, -0.2) is 26.3 Å². The van der Waals surface area contributed by atoms with E-state index in [-0.39, 0.29) is 0 Å². The highest BCUT2D eigenvalue weighted by atomic mass is 16.5. The zero-order valence-electron chi connectivity index (χ0n) is 13.4. The summed E-state index contributed by atoms with van der Waals surface area (Å²) in [7, 11) is 5.64. The third-order valence-electron chi connectivity index (χ3n) is 4.29. The van der Waals surface area contributed by atoms with Gasteiger partial charge in [-0.2, -0.15) is 0 Å². The number of hydrogen-bond acceptors (Lipinski definition) is 3. The second-order valence-electron chi connectivity index (χ2n) is 5.96. The Kier molecular flexibility index (Phi) is 3.45. The predicted octanol–water partition coefficient (Wildman–Crippen LogP) is 3.50. The minimum absolute atomic E-state index is 0.801. The van der Waals surface area contributed by atoms with E-state index in [9.17, 15) is 5.11 Å². The number of benzene rings is 2. The molecule has 3 heteroatoms. The van der Waals surface area contributed by atoms with Crippen molar-refractivity contribution in [3.05, 3.63) is 58.7 Å². The SMILES string of the molecule is COc1ccc2c(c1N(C)C)C=Cc1ccccc1C2(C)O. The Bertz CT molecular complexity index is 745. The normalized spacial score (nSPS) is 19.1. The lowest BCUT2D eigenvalue weighted by Gasteiger charge is -2.29. The Morgan fingerprint density at radius 2 is 1.73 bits per heavy atom. The maximum atomic E-state index is 11.2. The van der Waals surface area contributed by atoms with Gasteiger partial charge in [0.1, 0.15) is 11.4 Å². The molecule has 0 aromatic heterocycles. The molecule has 0 saturated heterocycles. The minimum atomic E-state index is -1.05. The van der Waals surface area contributed by atoms with Gasteiger partial charge in [0.25, 0.3) is 0 Å². The molecule has 1 N–H and O–H groups in total. The van der Waals surface area contributed by atoms with Crippen LogP contribution < -0.4 is 9.64 Å². The van der Waals surface area contributed by atoms with Crippen molar-refractivity contribution in [3.8, 4) is 5.75 Å². The second kappa shape index (κ2) is 5.18. The average molecular weight is 295 g/mol. The number of rotatable bonds is 2. The van der Waals surface area contributed by atoms with Crippen molar-refractivity contribution in [1.82, 2.24) is 0 Å². The quantitative estimate of drug-likeness (QED) is 0.920. The second-order valence-corrected chi connectivity index (χ2v) is 5.96. The predicted molar refractivity (Wildman–Crippen MR) is 91.4 cm³/mol. The molecule has 0 heterocycles. The molecular formula is C19H21NO2. The Hall–Kier alpha value is -2.26. The van der Waals surface area contributed by atoms with E-state index >= 15 is 0 Å². The van der Waals surface area contributed by atoms with Crippen molar-refractivity contribution in [1.29, 1.82) is 0 Å². The lowest BCUT2D eigenvalue weighted by molar-refractivity contribution is 0.102. The Labute approximate surface area is 131 Å². The molecule has 114 valence electrons. The van der Waals surface area contributed by atoms with Crippen LogP contribution in [0.2, 0.25) is 0 Å². The summed E-state index contributed by atoms with van der Waals surface area (Å²) in [4.78, 5) is 2.02. The van der Waals surface area contributed by atoms with Crippen molar-refractivity contribution >= 4 is 17.8 Å². The molecule has 0 amide bonds. The van der Waals surface area contributed by atoms with Crippen molar-refractivity contribution in [2.45, 2.75) is 12.5 Å². The van der Waals surface area contributed by atoms with Gasteiger partial charge in [-0.25, -0.2) is 0 Å². The topological polar surface area (TPSA) is 32.7 Å². The van der Waals surface area contributed by atoms with E-state index in [1.807, 2.05) is 62.3 Å². The van der Waals surface area contributed by atoms with Crippen LogP contribution in [0.5, 0.6) is 5.75 Å². The Morgan fingerprint density at radius 3 is 2.41 bits per heavy atom. The van der Waals surface area contributed by atoms with Crippen LogP contribution in [0.4, 0.5) is 5.69 Å². The summed E-state index contributed by atoms with van der Waals surface area (Å²) in [6.45, 7) is 1.85. The molecule has 1 atom stereocenters. The molecule has 0 fully saturated rings. The van der Waals surface area contributed by atoms with Gasteiger partial charge in [-0.15, -0.1) is 0 Å². The van der Waals surface area contributed by atoms with Gasteiger partial charge in [0, 0.05) is 19.7 Å². The highest BCUT2D eigenvalue weighted by Gasteiger charge is 2.33. The molecule has 22 heavy (non-hydrogen) atoms. The van der Waals surface area contributed by atoms with Crippen LogP contribution >= 0.6 is 0 Å². The standard InChI is InChI=1S/C19H21NO2/c1-19(21)15-8-6-5-7-13(15)9-10-14-16(19)11-12-17(22-4)18(14)20(2)3/h5-12,21H,1-4H3. The van der Waals surface area contributed by atoms with Crippen molar-refractivity contribution < 1.29 is 9.84 Å². The first-order valence-corrected chi connectivity index (χ1v) is 7.35. The van der Waals surface area contributed by atoms with Gasteiger partial charge in [-0.05, 0) is 29.7 Å². The molecule has 3 nitrogen and oxygen atoms in total. The fourth-order valence-electron chi connectivity index (χ4n) is 3.21. The highest BCUT2D eigenvalue weighted by Crippen LogP contribution is 2.43. The number of ether oxygens (including phenoxy) is 1. The number of nitrogens with zero attached hydrogens (tertiary/aromatic N) is 1. The van der Waals surface area contributed by atoms with Gasteiger partial charge < -0.3 is 14.7 Å². The number of aliphatic hydroxyl groups is 1. The number of methoxy groups -OCH3 is 1. The molecule has 0 aliphatic heterocycles. The fraction of sp³-hybridized carbons (Fsp3) is 0.263. The van der Waals surface area contributed by atoms with E-state index in [0.29, 0.717) is 0 Å². The Balaban J connectivity index is 2.35. The Morgan fingerprint density at radius 1 is 1.00 bits per heavy atom. The van der Waals surface area contributed by atoms with Gasteiger partial charge in [0.2, 0.25) is 0 Å². The van der Waals surface area contributed by atoms with Crippen LogP contribution in [0, 0.1) is 0 Å². The summed E-state index contributed by atoms with van der Waals surface area (Å²) in [5.74, 6) is 0.801. The molecule has 3 rings (SSSR count). The number of hydrogen-bond donors (Lipinski definition) is 1. The van der Waals surface area contributed by atoms with Gasteiger partial charge >= 0.3 is 0 Å². The zero-order chi connectivity index (χ0) is 15.9. The van der Waals surface area contributed by atoms with Crippen LogP contribution in [0.3, 0.4) is 0 Å². The fourth-order valence-corrected chi connectivity index (χ4v) is 3.21. The van der Waals surface area contributed by atoms with E-state index in [1.165, 1.54) is 0 Å². The highest BCUT2D eigenvalue weighted by molar-refractivity contribution is 5.85. The first kappa shape index (κ1) is 14.7. The van der Waals surface area contributed by atoms with Crippen LogP contribution in [0.15, 0.2) is 36.4 Å². The van der Waals surface area contributed by atoms with Crippen LogP contribution in [0.25, 0.3) is 12.2 Å². The molecule has 1 unspecified atom stereocenters. The summed E-state index contributed by atoms with van der Waals surface area (Å²) in [5.41, 5.74) is 3.76. The molecule has 2 aromatic rings. The van der Waals surface area contributed by atoms with Gasteiger partial charge in [-0.1, -0.05) is 42.5 Å². The summed E-state index contributed by atoms with van der Waals surface area (Å²) in [5, 5.41) is 11.2. The first-order valence-electron chi connectivity index (χ1n) is 7.35. The first-order chi connectivity index (χ1) is 10.5. The van der Waals surface area contributed by atoms with Crippen molar-refractivity contribution in [3.63, 3.8) is 0 Å². The van der Waals surface area contributed by atoms with Crippen LogP contribution in [0.1, 0.15) is 29.2 Å². The zero-order valence-corrected chi connectivity index (χ0v) is 13.4. The summed E-state index contributed by atoms with van der Waals surface area (Å²) >= 11 is 0. The molecule has 1 aliphatic rings.